The largest absolute Gasteiger partial charge is 0.373 e. The highest BCUT2D eigenvalue weighted by atomic mass is 32.1. The Kier molecular flexibility index (Phi) is 5.75. The SMILES string of the molecule is C[C@@H]1CN(Cc2csc(NC(=O)Cn3ccc4ccccc4c3=O)n2)C[C@H](C)O1. The minimum Gasteiger partial charge on any atom is -0.373 e. The second-order valence-electron chi connectivity index (χ2n) is 7.48. The van der Waals surface area contributed by atoms with Crippen LogP contribution in [0.3, 0.4) is 0 Å². The lowest BCUT2D eigenvalue weighted by molar-refractivity contribution is -0.116. The van der Waals surface area contributed by atoms with E-state index in [0.717, 1.165) is 30.7 Å². The normalized spacial score (nSPS) is 20.1. The Labute approximate surface area is 172 Å². The van der Waals surface area contributed by atoms with Gasteiger partial charge >= 0.3 is 0 Å². The maximum absolute atomic E-state index is 12.5. The predicted molar refractivity (Wildman–Crippen MR) is 114 cm³/mol. The molecule has 0 bridgehead atoms. The van der Waals surface area contributed by atoms with Crippen molar-refractivity contribution in [3.63, 3.8) is 0 Å². The lowest BCUT2D eigenvalue weighted by atomic mass is 10.2. The minimum absolute atomic E-state index is 0.0446. The molecule has 152 valence electrons. The number of aromatic nitrogens is 2. The lowest BCUT2D eigenvalue weighted by Crippen LogP contribution is -2.44. The van der Waals surface area contributed by atoms with Crippen LogP contribution in [0.4, 0.5) is 5.13 Å². The van der Waals surface area contributed by atoms with Gasteiger partial charge in [0.25, 0.3) is 5.56 Å². The van der Waals surface area contributed by atoms with E-state index in [1.54, 1.807) is 12.3 Å². The van der Waals surface area contributed by atoms with Crippen LogP contribution in [0.25, 0.3) is 10.8 Å². The molecule has 0 aliphatic carbocycles. The molecule has 1 aliphatic rings. The minimum atomic E-state index is -0.267. The van der Waals surface area contributed by atoms with E-state index >= 15 is 0 Å². The van der Waals surface area contributed by atoms with Crippen LogP contribution in [0.2, 0.25) is 0 Å². The third-order valence-corrected chi connectivity index (χ3v) is 5.69. The number of carbonyl (C=O) groups is 1. The number of fused-ring (bicyclic) bond motifs is 1. The number of nitrogens with zero attached hydrogens (tertiary/aromatic N) is 3. The van der Waals surface area contributed by atoms with Crippen molar-refractivity contribution < 1.29 is 9.53 Å². The molecule has 1 amide bonds. The summed E-state index contributed by atoms with van der Waals surface area (Å²) in [6.07, 6.45) is 2.06. The highest BCUT2D eigenvalue weighted by Crippen LogP contribution is 2.19. The fourth-order valence-electron chi connectivity index (χ4n) is 3.75. The van der Waals surface area contributed by atoms with Crippen LogP contribution in [-0.4, -0.2) is 45.7 Å². The van der Waals surface area contributed by atoms with Gasteiger partial charge in [0.05, 0.1) is 17.9 Å². The quantitative estimate of drug-likeness (QED) is 0.697. The molecule has 0 unspecified atom stereocenters. The van der Waals surface area contributed by atoms with Crippen LogP contribution >= 0.6 is 11.3 Å². The molecule has 4 rings (SSSR count). The van der Waals surface area contributed by atoms with Crippen LogP contribution in [0.15, 0.2) is 46.7 Å². The van der Waals surface area contributed by atoms with Crippen molar-refractivity contribution in [2.45, 2.75) is 39.1 Å². The van der Waals surface area contributed by atoms with E-state index in [0.29, 0.717) is 10.5 Å². The van der Waals surface area contributed by atoms with Crippen LogP contribution in [-0.2, 0) is 22.6 Å². The number of hydrogen-bond acceptors (Lipinski definition) is 6. The maximum atomic E-state index is 12.5. The van der Waals surface area contributed by atoms with Crippen LogP contribution in [0, 0.1) is 0 Å². The first-order valence-electron chi connectivity index (χ1n) is 9.68. The van der Waals surface area contributed by atoms with Crippen molar-refractivity contribution in [3.8, 4) is 0 Å². The van der Waals surface area contributed by atoms with Gasteiger partial charge in [0.15, 0.2) is 5.13 Å². The Morgan fingerprint density at radius 1 is 1.24 bits per heavy atom. The van der Waals surface area contributed by atoms with Gasteiger partial charge in [-0.3, -0.25) is 14.5 Å². The van der Waals surface area contributed by atoms with E-state index in [1.807, 2.05) is 29.6 Å². The highest BCUT2D eigenvalue weighted by Gasteiger charge is 2.22. The summed E-state index contributed by atoms with van der Waals surface area (Å²) in [4.78, 5) is 31.8. The Bertz CT molecular complexity index is 1070. The van der Waals surface area contributed by atoms with Crippen molar-refractivity contribution in [3.05, 3.63) is 58.0 Å². The molecule has 0 radical (unpaired) electrons. The predicted octanol–water partition coefficient (Wildman–Crippen LogP) is 2.71. The van der Waals surface area contributed by atoms with E-state index in [4.69, 9.17) is 4.74 Å². The Balaban J connectivity index is 1.38. The number of carbonyl (C=O) groups excluding carboxylic acids is 1. The molecule has 8 heteroatoms. The Hall–Kier alpha value is -2.55. The molecule has 29 heavy (non-hydrogen) atoms. The first-order chi connectivity index (χ1) is 14.0. The lowest BCUT2D eigenvalue weighted by Gasteiger charge is -2.34. The highest BCUT2D eigenvalue weighted by molar-refractivity contribution is 7.13. The van der Waals surface area contributed by atoms with Gasteiger partial charge in [-0.2, -0.15) is 0 Å². The zero-order valence-corrected chi connectivity index (χ0v) is 17.3. The van der Waals surface area contributed by atoms with E-state index in [1.165, 1.54) is 15.9 Å². The molecule has 0 spiro atoms. The average molecular weight is 413 g/mol. The molecule has 1 N–H and O–H groups in total. The number of benzene rings is 1. The van der Waals surface area contributed by atoms with E-state index in [2.05, 4.69) is 29.0 Å². The summed E-state index contributed by atoms with van der Waals surface area (Å²) >= 11 is 1.40. The van der Waals surface area contributed by atoms with Gasteiger partial charge in [-0.1, -0.05) is 18.2 Å². The molecule has 1 aliphatic heterocycles. The van der Waals surface area contributed by atoms with Gasteiger partial charge in [-0.25, -0.2) is 4.98 Å². The third-order valence-electron chi connectivity index (χ3n) is 4.88. The standard InChI is InChI=1S/C21H24N4O3S/c1-14-9-24(10-15(2)28-14)11-17-13-29-21(22-17)23-19(26)12-25-8-7-16-5-3-4-6-18(16)20(25)27/h3-8,13-15H,9-12H2,1-2H3,(H,22,23,26)/t14-,15+. The number of amides is 1. The zero-order chi connectivity index (χ0) is 20.4. The van der Waals surface area contributed by atoms with Crippen molar-refractivity contribution >= 4 is 33.1 Å². The zero-order valence-electron chi connectivity index (χ0n) is 16.5. The molecular formula is C21H24N4O3S. The number of rotatable bonds is 5. The van der Waals surface area contributed by atoms with Gasteiger partial charge in [0.2, 0.25) is 5.91 Å². The fraction of sp³-hybridized carbons (Fsp3) is 0.381. The molecular weight excluding hydrogens is 388 g/mol. The van der Waals surface area contributed by atoms with Crippen LogP contribution in [0.5, 0.6) is 0 Å². The summed E-state index contributed by atoms with van der Waals surface area (Å²) in [6, 6.07) is 9.20. The number of hydrogen-bond donors (Lipinski definition) is 1. The Morgan fingerprint density at radius 3 is 2.79 bits per heavy atom. The number of ether oxygens (including phenoxy) is 1. The molecule has 0 saturated carbocycles. The van der Waals surface area contributed by atoms with Crippen LogP contribution in [0.1, 0.15) is 19.5 Å². The molecule has 3 heterocycles. The number of pyridine rings is 1. The number of morpholine rings is 1. The monoisotopic (exact) mass is 412 g/mol. The molecule has 1 aromatic carbocycles. The van der Waals surface area contributed by atoms with E-state index in [9.17, 15) is 9.59 Å². The van der Waals surface area contributed by atoms with Crippen LogP contribution < -0.4 is 10.9 Å². The first kappa shape index (κ1) is 19.8. The summed E-state index contributed by atoms with van der Waals surface area (Å²) in [5.41, 5.74) is 0.753. The molecule has 2 aromatic heterocycles. The number of thiazole rings is 1. The summed E-state index contributed by atoms with van der Waals surface area (Å²) in [6.45, 7) is 6.57. The Morgan fingerprint density at radius 2 is 2.00 bits per heavy atom. The van der Waals surface area contributed by atoms with Gasteiger partial charge in [0, 0.05) is 36.6 Å². The first-order valence-corrected chi connectivity index (χ1v) is 10.6. The van der Waals surface area contributed by atoms with Crippen molar-refractivity contribution in [1.29, 1.82) is 0 Å². The molecule has 7 nitrogen and oxygen atoms in total. The van der Waals surface area contributed by atoms with Gasteiger partial charge in [-0.05, 0) is 31.4 Å². The topological polar surface area (TPSA) is 76.5 Å². The van der Waals surface area contributed by atoms with Crippen molar-refractivity contribution in [2.75, 3.05) is 18.4 Å². The van der Waals surface area contributed by atoms with Crippen molar-refractivity contribution in [2.24, 2.45) is 0 Å². The number of anilines is 1. The summed E-state index contributed by atoms with van der Waals surface area (Å²) in [5, 5.41) is 6.79. The smallest absolute Gasteiger partial charge is 0.258 e. The molecule has 3 aromatic rings. The van der Waals surface area contributed by atoms with Gasteiger partial charge in [0.1, 0.15) is 6.54 Å². The average Bonchev–Trinajstić information content (AvgIpc) is 3.10. The summed E-state index contributed by atoms with van der Waals surface area (Å²) in [7, 11) is 0. The second-order valence-corrected chi connectivity index (χ2v) is 8.34. The molecule has 1 saturated heterocycles. The molecule has 1 fully saturated rings. The maximum Gasteiger partial charge on any atom is 0.258 e. The van der Waals surface area contributed by atoms with Crippen molar-refractivity contribution in [1.82, 2.24) is 14.5 Å². The van der Waals surface area contributed by atoms with Gasteiger partial charge in [-0.15, -0.1) is 11.3 Å². The second kappa shape index (κ2) is 8.44. The summed E-state index contributed by atoms with van der Waals surface area (Å²) < 4.78 is 7.18. The molecule has 2 atom stereocenters. The van der Waals surface area contributed by atoms with Gasteiger partial charge < -0.3 is 14.6 Å². The summed E-state index contributed by atoms with van der Waals surface area (Å²) in [5.74, 6) is -0.267. The van der Waals surface area contributed by atoms with E-state index in [-0.39, 0.29) is 30.2 Å². The third kappa shape index (κ3) is 4.72. The van der Waals surface area contributed by atoms with E-state index < -0.39 is 0 Å². The fourth-order valence-corrected chi connectivity index (χ4v) is 4.47. The number of nitrogens with one attached hydrogen (secondary N) is 1.